The molecule has 0 bridgehead atoms. The molecule has 1 aliphatic carbocycles. The number of benzene rings is 4. The maximum Gasteiger partial charge on any atom is 0.293 e. The van der Waals surface area contributed by atoms with Crippen molar-refractivity contribution in [3.05, 3.63) is 124 Å². The highest BCUT2D eigenvalue weighted by Crippen LogP contribution is 2.35. The Balaban J connectivity index is 1.02. The van der Waals surface area contributed by atoms with Crippen molar-refractivity contribution in [2.45, 2.75) is 47.9 Å². The average molecular weight is 825 g/mol. The van der Waals surface area contributed by atoms with Gasteiger partial charge in [0.2, 0.25) is 0 Å². The van der Waals surface area contributed by atoms with Crippen LogP contribution in [0.4, 0.5) is 27.3 Å². The van der Waals surface area contributed by atoms with Gasteiger partial charge >= 0.3 is 0 Å². The molecule has 1 saturated heterocycles. The second-order valence-corrected chi connectivity index (χ2v) is 17.9. The summed E-state index contributed by atoms with van der Waals surface area (Å²) in [5.41, 5.74) is 5.40. The van der Waals surface area contributed by atoms with Gasteiger partial charge in [0.15, 0.2) is 5.82 Å². The molecule has 1 unspecified atom stereocenters. The molecule has 0 spiro atoms. The second-order valence-electron chi connectivity index (χ2n) is 15.1. The van der Waals surface area contributed by atoms with Gasteiger partial charge in [-0.25, -0.2) is 22.8 Å². The maximum atomic E-state index is 13.7. The number of allylic oxidation sites excluding steroid dienone is 1. The number of thioether (sulfide) groups is 1. The van der Waals surface area contributed by atoms with Crippen LogP contribution in [0.25, 0.3) is 16.5 Å². The predicted octanol–water partition coefficient (Wildman–Crippen LogP) is 8.15. The summed E-state index contributed by atoms with van der Waals surface area (Å²) in [6, 6.07) is 26.3. The first-order valence-corrected chi connectivity index (χ1v) is 22.1. The standard InChI is InChI=1S/C43H49FN8O4S2/c1-49(2)21-20-34(29-57-36-9-4-3-5-10-36)47-40-19-17-37(27-42(40)52(53)54)58(55,56)48-43-39-18-16-35(26-41(39)45-30-46-43)51-24-22-50(23-25-51)28-32-8-6-7-11-38(32)31-12-14-33(44)15-13-31/h3-5,9-10,12-19,26-27,30,34,47H,6-8,11,20-25,28-29H2,1-2H3,(H,45,46,48). The Bertz CT molecular complexity index is 2360. The van der Waals surface area contributed by atoms with E-state index in [0.29, 0.717) is 16.7 Å². The van der Waals surface area contributed by atoms with E-state index in [4.69, 9.17) is 0 Å². The number of nitrogens with zero attached hydrogens (tertiary/aromatic N) is 6. The van der Waals surface area contributed by atoms with Crippen LogP contribution < -0.4 is 14.9 Å². The summed E-state index contributed by atoms with van der Waals surface area (Å²) in [5.74, 6) is 0.535. The molecule has 2 heterocycles. The first-order chi connectivity index (χ1) is 28.0. The van der Waals surface area contributed by atoms with Crippen LogP contribution in [0.3, 0.4) is 0 Å². The highest BCUT2D eigenvalue weighted by Gasteiger charge is 2.26. The zero-order valence-electron chi connectivity index (χ0n) is 32.8. The quantitative estimate of drug-likeness (QED) is 0.0567. The number of nitro benzene ring substituents is 1. The Kier molecular flexibility index (Phi) is 13.2. The van der Waals surface area contributed by atoms with Crippen molar-refractivity contribution in [1.29, 1.82) is 0 Å². The van der Waals surface area contributed by atoms with Crippen LogP contribution in [0.2, 0.25) is 0 Å². The highest BCUT2D eigenvalue weighted by molar-refractivity contribution is 7.99. The fourth-order valence-electron chi connectivity index (χ4n) is 7.58. The fraction of sp³-hybridized carbons (Fsp3) is 0.349. The molecule has 2 aliphatic rings. The number of fused-ring (bicyclic) bond motifs is 1. The van der Waals surface area contributed by atoms with Crippen LogP contribution >= 0.6 is 11.8 Å². The van der Waals surface area contributed by atoms with Gasteiger partial charge in [-0.05, 0) is 118 Å². The summed E-state index contributed by atoms with van der Waals surface area (Å²) >= 11 is 1.65. The van der Waals surface area contributed by atoms with Gasteiger partial charge in [0.1, 0.15) is 17.8 Å². The third-order valence-electron chi connectivity index (χ3n) is 10.7. The molecule has 7 rings (SSSR count). The zero-order chi connectivity index (χ0) is 40.6. The summed E-state index contributed by atoms with van der Waals surface area (Å²) in [5, 5.41) is 16.1. The van der Waals surface area contributed by atoms with E-state index in [1.54, 1.807) is 23.9 Å². The Morgan fingerprint density at radius 3 is 2.43 bits per heavy atom. The van der Waals surface area contributed by atoms with E-state index in [1.807, 2.05) is 74.8 Å². The van der Waals surface area contributed by atoms with Gasteiger partial charge in [0.05, 0.1) is 15.3 Å². The SMILES string of the molecule is CN(C)CCC(CSc1ccccc1)Nc1ccc(S(=O)(=O)Nc2ncnc3cc(N4CCN(CC5=C(c6ccc(F)cc6)CCCC5)CC4)ccc23)cc1[N+](=O)[O-]. The van der Waals surface area contributed by atoms with Crippen LogP contribution in [0.5, 0.6) is 0 Å². The van der Waals surface area contributed by atoms with Crippen molar-refractivity contribution in [3.8, 4) is 0 Å². The fourth-order valence-corrected chi connectivity index (χ4v) is 9.62. The molecule has 15 heteroatoms. The zero-order valence-corrected chi connectivity index (χ0v) is 34.4. The molecular formula is C43H49FN8O4S2. The number of hydrogen-bond acceptors (Lipinski definition) is 11. The number of piperazine rings is 1. The molecule has 2 N–H and O–H groups in total. The predicted molar refractivity (Wildman–Crippen MR) is 232 cm³/mol. The summed E-state index contributed by atoms with van der Waals surface area (Å²) in [7, 11) is -0.316. The molecule has 0 saturated carbocycles. The lowest BCUT2D eigenvalue weighted by molar-refractivity contribution is -0.384. The van der Waals surface area contributed by atoms with E-state index in [-0.39, 0.29) is 33.9 Å². The highest BCUT2D eigenvalue weighted by atomic mass is 32.2. The number of sulfonamides is 1. The Morgan fingerprint density at radius 1 is 0.931 bits per heavy atom. The third-order valence-corrected chi connectivity index (χ3v) is 13.2. The monoisotopic (exact) mass is 824 g/mol. The number of aromatic nitrogens is 2. The topological polar surface area (TPSA) is 137 Å². The van der Waals surface area contributed by atoms with Gasteiger partial charge in [0.25, 0.3) is 15.7 Å². The van der Waals surface area contributed by atoms with Gasteiger partial charge in [-0.2, -0.15) is 0 Å². The van der Waals surface area contributed by atoms with E-state index in [1.165, 1.54) is 36.0 Å². The largest absolute Gasteiger partial charge is 0.376 e. The number of rotatable bonds is 16. The smallest absolute Gasteiger partial charge is 0.293 e. The van der Waals surface area contributed by atoms with Gasteiger partial charge in [-0.1, -0.05) is 35.9 Å². The third kappa shape index (κ3) is 10.3. The van der Waals surface area contributed by atoms with Crippen LogP contribution in [0.1, 0.15) is 37.7 Å². The average Bonchev–Trinajstić information content (AvgIpc) is 3.23. The minimum Gasteiger partial charge on any atom is -0.376 e. The molecule has 0 radical (unpaired) electrons. The molecule has 12 nitrogen and oxygen atoms in total. The minimum atomic E-state index is -4.27. The molecule has 1 fully saturated rings. The molecule has 1 aromatic heterocycles. The van der Waals surface area contributed by atoms with Crippen LogP contribution in [-0.4, -0.2) is 98.3 Å². The van der Waals surface area contributed by atoms with Crippen molar-refractivity contribution in [3.63, 3.8) is 0 Å². The number of nitrogens with one attached hydrogen (secondary N) is 2. The molecule has 1 atom stereocenters. The van der Waals surface area contributed by atoms with Gasteiger partial charge in [0, 0.05) is 66.6 Å². The first kappa shape index (κ1) is 41.1. The van der Waals surface area contributed by atoms with E-state index >= 15 is 0 Å². The molecule has 1 aliphatic heterocycles. The van der Waals surface area contributed by atoms with Gasteiger partial charge < -0.3 is 15.1 Å². The molecular weight excluding hydrogens is 776 g/mol. The van der Waals surface area contributed by atoms with E-state index < -0.39 is 14.9 Å². The Labute approximate surface area is 343 Å². The van der Waals surface area contributed by atoms with Crippen molar-refractivity contribution in [1.82, 2.24) is 19.8 Å². The number of hydrogen-bond donors (Lipinski definition) is 2. The lowest BCUT2D eigenvalue weighted by Gasteiger charge is -2.37. The van der Waals surface area contributed by atoms with E-state index in [0.717, 1.165) is 87.2 Å². The minimum absolute atomic E-state index is 0.0885. The molecule has 4 aromatic carbocycles. The number of halogens is 1. The van der Waals surface area contributed by atoms with Crippen LogP contribution in [0.15, 0.2) is 113 Å². The van der Waals surface area contributed by atoms with E-state index in [9.17, 15) is 22.9 Å². The van der Waals surface area contributed by atoms with Crippen LogP contribution in [0, 0.1) is 15.9 Å². The van der Waals surface area contributed by atoms with Crippen molar-refractivity contribution in [2.24, 2.45) is 0 Å². The molecule has 5 aromatic rings. The molecule has 304 valence electrons. The van der Waals surface area contributed by atoms with Crippen molar-refractivity contribution < 1.29 is 17.7 Å². The Morgan fingerprint density at radius 2 is 1.69 bits per heavy atom. The molecule has 58 heavy (non-hydrogen) atoms. The van der Waals surface area contributed by atoms with Crippen molar-refractivity contribution >= 4 is 61.1 Å². The van der Waals surface area contributed by atoms with Gasteiger partial charge in [-0.3, -0.25) is 19.7 Å². The number of nitro groups is 1. The maximum absolute atomic E-state index is 13.7. The van der Waals surface area contributed by atoms with E-state index in [2.05, 4.69) is 34.7 Å². The summed E-state index contributed by atoms with van der Waals surface area (Å²) < 4.78 is 43.6. The normalized spacial score (nSPS) is 15.8. The van der Waals surface area contributed by atoms with Crippen LogP contribution in [-0.2, 0) is 10.0 Å². The molecule has 0 amide bonds. The summed E-state index contributed by atoms with van der Waals surface area (Å²) in [4.78, 5) is 28.1. The number of anilines is 3. The first-order valence-electron chi connectivity index (χ1n) is 19.6. The summed E-state index contributed by atoms with van der Waals surface area (Å²) in [6.07, 6.45) is 6.46. The Hall–Kier alpha value is -5.09. The lowest BCUT2D eigenvalue weighted by Crippen LogP contribution is -2.47. The van der Waals surface area contributed by atoms with Gasteiger partial charge in [-0.15, -0.1) is 11.8 Å². The second kappa shape index (κ2) is 18.7. The summed E-state index contributed by atoms with van der Waals surface area (Å²) in [6.45, 7) is 5.08. The van der Waals surface area contributed by atoms with Crippen molar-refractivity contribution in [2.75, 3.05) is 74.1 Å². The lowest BCUT2D eigenvalue weighted by atomic mass is 9.87.